The molecule has 100 valence electrons. The van der Waals surface area contributed by atoms with Gasteiger partial charge in [0.25, 0.3) is 0 Å². The van der Waals surface area contributed by atoms with E-state index in [1.54, 1.807) is 5.70 Å². The van der Waals surface area contributed by atoms with Gasteiger partial charge in [-0.05, 0) is 26.2 Å². The van der Waals surface area contributed by atoms with Crippen LogP contribution in [0.25, 0.3) is 0 Å². The fraction of sp³-hybridized carbons (Fsp3) is 0.438. The summed E-state index contributed by atoms with van der Waals surface area (Å²) in [6.07, 6.45) is 5.03. The van der Waals surface area contributed by atoms with Crippen LogP contribution in [-0.4, -0.2) is 15.1 Å². The Morgan fingerprint density at radius 3 is 2.58 bits per heavy atom. The molecular weight excluding hydrogens is 270 g/mol. The lowest BCUT2D eigenvalue weighted by atomic mass is 9.95. The summed E-state index contributed by atoms with van der Waals surface area (Å²) in [7, 11) is 2.34. The monoisotopic (exact) mass is 290 g/mol. The second-order valence-corrected chi connectivity index (χ2v) is 7.60. The topological polar surface area (TPSA) is 0 Å². The van der Waals surface area contributed by atoms with Crippen molar-refractivity contribution in [2.24, 2.45) is 0 Å². The maximum Gasteiger partial charge on any atom is 0.138 e. The first-order chi connectivity index (χ1) is 9.13. The molecule has 19 heavy (non-hydrogen) atoms. The number of benzene rings is 1. The molecule has 1 nitrogen and oxygen atoms in total. The Bertz CT molecular complexity index is 535. The number of quaternary nitrogens is 1. The molecule has 2 atom stereocenters. The molecule has 1 heterocycles. The van der Waals surface area contributed by atoms with Gasteiger partial charge in [-0.25, -0.2) is 3.89 Å². The fourth-order valence-corrected chi connectivity index (χ4v) is 5.16. The molecule has 0 aromatic heterocycles. The van der Waals surface area contributed by atoms with Crippen LogP contribution in [0.4, 0.5) is 0 Å². The van der Waals surface area contributed by atoms with Crippen molar-refractivity contribution in [2.75, 3.05) is 7.05 Å². The van der Waals surface area contributed by atoms with E-state index in [1.807, 2.05) is 11.9 Å². The Morgan fingerprint density at radius 2 is 1.84 bits per heavy atom. The van der Waals surface area contributed by atoms with Crippen LogP contribution in [0.3, 0.4) is 0 Å². The van der Waals surface area contributed by atoms with E-state index < -0.39 is 0 Å². The SMILES string of the molecule is C[C@H](c1ccccc1)[N@+]1(C)SC(=S)C2=C1CCCC2. The summed E-state index contributed by atoms with van der Waals surface area (Å²) < 4.78 is 2.07. The Balaban J connectivity index is 2.00. The Hall–Kier alpha value is -0.640. The lowest BCUT2D eigenvalue weighted by Crippen LogP contribution is -2.36. The highest BCUT2D eigenvalue weighted by molar-refractivity contribution is 8.20. The molecule has 0 spiro atoms. The van der Waals surface area contributed by atoms with Gasteiger partial charge in [0.2, 0.25) is 0 Å². The van der Waals surface area contributed by atoms with Gasteiger partial charge < -0.3 is 0 Å². The average Bonchev–Trinajstić information content (AvgIpc) is 2.72. The molecule has 3 rings (SSSR count). The van der Waals surface area contributed by atoms with Crippen molar-refractivity contribution in [3.05, 3.63) is 47.2 Å². The minimum atomic E-state index is 0.453. The minimum absolute atomic E-state index is 0.453. The molecule has 1 aromatic rings. The van der Waals surface area contributed by atoms with Crippen molar-refractivity contribution in [3.8, 4) is 0 Å². The number of hydrogen-bond donors (Lipinski definition) is 0. The van der Waals surface area contributed by atoms with E-state index in [4.69, 9.17) is 12.2 Å². The number of hydrogen-bond acceptors (Lipinski definition) is 2. The maximum absolute atomic E-state index is 5.62. The molecule has 0 N–H and O–H groups in total. The summed E-state index contributed by atoms with van der Waals surface area (Å²) in [5.74, 6) is 0. The van der Waals surface area contributed by atoms with Crippen molar-refractivity contribution >= 4 is 28.4 Å². The van der Waals surface area contributed by atoms with Crippen LogP contribution in [0.15, 0.2) is 41.6 Å². The second-order valence-electron chi connectivity index (χ2n) is 5.59. The third kappa shape index (κ3) is 2.18. The summed E-state index contributed by atoms with van der Waals surface area (Å²) in [4.78, 5) is 0. The van der Waals surface area contributed by atoms with Crippen LogP contribution in [0.2, 0.25) is 0 Å². The highest BCUT2D eigenvalue weighted by Crippen LogP contribution is 2.52. The van der Waals surface area contributed by atoms with E-state index in [2.05, 4.69) is 44.3 Å². The third-order valence-corrected chi connectivity index (χ3v) is 6.31. The van der Waals surface area contributed by atoms with Crippen molar-refractivity contribution in [2.45, 2.75) is 38.6 Å². The molecule has 3 heteroatoms. The van der Waals surface area contributed by atoms with Crippen LogP contribution >= 0.6 is 24.2 Å². The summed E-state index contributed by atoms with van der Waals surface area (Å²) in [5.41, 5.74) is 4.47. The Kier molecular flexibility index (Phi) is 3.54. The molecule has 1 aromatic carbocycles. The summed E-state index contributed by atoms with van der Waals surface area (Å²) in [6, 6.07) is 11.3. The first kappa shape index (κ1) is 13.3. The zero-order valence-corrected chi connectivity index (χ0v) is 13.2. The quantitative estimate of drug-likeness (QED) is 0.426. The van der Waals surface area contributed by atoms with Crippen LogP contribution < -0.4 is 0 Å². The van der Waals surface area contributed by atoms with Gasteiger partial charge in [-0.3, -0.25) is 0 Å². The molecule has 0 bridgehead atoms. The molecule has 0 saturated carbocycles. The van der Waals surface area contributed by atoms with Gasteiger partial charge in [0.15, 0.2) is 0 Å². The number of allylic oxidation sites excluding steroid dienone is 1. The molecule has 0 amide bonds. The van der Waals surface area contributed by atoms with Gasteiger partial charge in [-0.1, -0.05) is 42.5 Å². The molecule has 1 aliphatic heterocycles. The average molecular weight is 290 g/mol. The molecule has 0 unspecified atom stereocenters. The normalized spacial score (nSPS) is 28.4. The second kappa shape index (κ2) is 5.04. The predicted octanol–water partition coefficient (Wildman–Crippen LogP) is 5.01. The highest BCUT2D eigenvalue weighted by Gasteiger charge is 2.47. The van der Waals surface area contributed by atoms with E-state index >= 15 is 0 Å². The van der Waals surface area contributed by atoms with E-state index in [-0.39, 0.29) is 0 Å². The van der Waals surface area contributed by atoms with Crippen molar-refractivity contribution in [1.29, 1.82) is 0 Å². The van der Waals surface area contributed by atoms with Crippen LogP contribution in [-0.2, 0) is 0 Å². The van der Waals surface area contributed by atoms with Gasteiger partial charge in [0.05, 0.1) is 7.05 Å². The molecule has 0 fully saturated rings. The van der Waals surface area contributed by atoms with Gasteiger partial charge in [-0.2, -0.15) is 0 Å². The zero-order valence-electron chi connectivity index (χ0n) is 11.6. The number of rotatable bonds is 2. The fourth-order valence-electron chi connectivity index (χ4n) is 3.21. The van der Waals surface area contributed by atoms with Crippen molar-refractivity contribution in [1.82, 2.24) is 0 Å². The van der Waals surface area contributed by atoms with Crippen LogP contribution in [0.1, 0.15) is 44.2 Å². The van der Waals surface area contributed by atoms with Gasteiger partial charge in [0, 0.05) is 17.6 Å². The summed E-state index contributed by atoms with van der Waals surface area (Å²) in [5, 5.41) is 0. The van der Waals surface area contributed by atoms with E-state index in [9.17, 15) is 0 Å². The molecule has 0 radical (unpaired) electrons. The largest absolute Gasteiger partial charge is 0.224 e. The predicted molar refractivity (Wildman–Crippen MR) is 86.7 cm³/mol. The highest BCUT2D eigenvalue weighted by atomic mass is 32.2. The van der Waals surface area contributed by atoms with Crippen molar-refractivity contribution in [3.63, 3.8) is 0 Å². The smallest absolute Gasteiger partial charge is 0.138 e. The number of nitrogens with zero attached hydrogens (tertiary/aromatic N) is 1. The molecular formula is C16H20NS2+. The first-order valence-electron chi connectivity index (χ1n) is 7.00. The third-order valence-electron chi connectivity index (χ3n) is 4.51. The van der Waals surface area contributed by atoms with Gasteiger partial charge in [-0.15, -0.1) is 0 Å². The summed E-state index contributed by atoms with van der Waals surface area (Å²) >= 11 is 7.50. The Labute approximate surface area is 125 Å². The van der Waals surface area contributed by atoms with Gasteiger partial charge >= 0.3 is 0 Å². The van der Waals surface area contributed by atoms with E-state index in [0.717, 1.165) is 8.08 Å². The van der Waals surface area contributed by atoms with Crippen molar-refractivity contribution < 1.29 is 3.89 Å². The van der Waals surface area contributed by atoms with Crippen LogP contribution in [0.5, 0.6) is 0 Å². The first-order valence-corrected chi connectivity index (χ1v) is 8.19. The lowest BCUT2D eigenvalue weighted by molar-refractivity contribution is -0.765. The molecule has 0 saturated heterocycles. The van der Waals surface area contributed by atoms with Crippen LogP contribution in [0, 0.1) is 0 Å². The minimum Gasteiger partial charge on any atom is -0.224 e. The standard InChI is InChI=1S/C16H20NS2/c1-12(13-8-4-3-5-9-13)17(2)15-11-7-6-10-14(15)16(18)19-17/h3-5,8-9,12H,6-7,10-11H2,1-2H3/q+1/t12-,17+/m1/s1. The lowest BCUT2D eigenvalue weighted by Gasteiger charge is -2.36. The number of thiocarbonyl (C=S) groups is 1. The van der Waals surface area contributed by atoms with Gasteiger partial charge in [0.1, 0.15) is 27.9 Å². The van der Waals surface area contributed by atoms with E-state index in [1.165, 1.54) is 36.8 Å². The Morgan fingerprint density at radius 1 is 1.16 bits per heavy atom. The zero-order chi connectivity index (χ0) is 13.5. The molecule has 1 aliphatic carbocycles. The van der Waals surface area contributed by atoms with E-state index in [0.29, 0.717) is 6.04 Å². The maximum atomic E-state index is 5.62. The molecule has 2 aliphatic rings. The summed E-state index contributed by atoms with van der Waals surface area (Å²) in [6.45, 7) is 2.33.